The number of carboxylic acid groups (broad SMARTS) is 1. The van der Waals surface area contributed by atoms with Crippen molar-refractivity contribution in [2.75, 3.05) is 6.26 Å². The van der Waals surface area contributed by atoms with Crippen LogP contribution in [0.15, 0.2) is 65.6 Å². The average Bonchev–Trinajstić information content (AvgIpc) is 2.52. The summed E-state index contributed by atoms with van der Waals surface area (Å²) in [4.78, 5) is 12.2. The van der Waals surface area contributed by atoms with E-state index in [1.54, 1.807) is 11.8 Å². The van der Waals surface area contributed by atoms with Crippen LogP contribution in [0.4, 0.5) is 0 Å². The van der Waals surface area contributed by atoms with Crippen LogP contribution in [0.25, 0.3) is 5.57 Å². The highest BCUT2D eigenvalue weighted by molar-refractivity contribution is 7.98. The summed E-state index contributed by atoms with van der Waals surface area (Å²) in [6.07, 6.45) is 4.92. The number of benzene rings is 2. The second kappa shape index (κ2) is 7.70. The third-order valence-corrected chi connectivity index (χ3v) is 4.03. The molecule has 1 N–H and O–H groups in total. The molecule has 0 spiro atoms. The molecule has 2 nitrogen and oxygen atoms in total. The van der Waals surface area contributed by atoms with Crippen LogP contribution in [0.3, 0.4) is 0 Å². The van der Waals surface area contributed by atoms with E-state index in [2.05, 4.69) is 30.5 Å². The predicted octanol–water partition coefficient (Wildman–Crippen LogP) is 4.51. The van der Waals surface area contributed by atoms with Gasteiger partial charge in [0.15, 0.2) is 0 Å². The van der Waals surface area contributed by atoms with E-state index in [0.717, 1.165) is 24.0 Å². The summed E-state index contributed by atoms with van der Waals surface area (Å²) in [6.45, 7) is 0. The second-order valence-corrected chi connectivity index (χ2v) is 5.60. The maximum atomic E-state index is 11.0. The standard InChI is InChI=1S/C18H18O2S/c1-21-17-11-8-14(9-12-17)7-10-16(13-18(19)20)15-5-3-2-4-6-15/h2-6,8-9,11-13H,7,10H2,1H3,(H,19,20). The van der Waals surface area contributed by atoms with Gasteiger partial charge in [0.1, 0.15) is 0 Å². The maximum Gasteiger partial charge on any atom is 0.328 e. The molecule has 0 bridgehead atoms. The number of aliphatic carboxylic acids is 1. The van der Waals surface area contributed by atoms with Gasteiger partial charge in [0.2, 0.25) is 0 Å². The van der Waals surface area contributed by atoms with Crippen molar-refractivity contribution >= 4 is 23.3 Å². The zero-order chi connectivity index (χ0) is 15.1. The first kappa shape index (κ1) is 15.4. The van der Waals surface area contributed by atoms with E-state index in [0.29, 0.717) is 0 Å². The van der Waals surface area contributed by atoms with Crippen molar-refractivity contribution in [1.29, 1.82) is 0 Å². The molecule has 0 aliphatic heterocycles. The van der Waals surface area contributed by atoms with Crippen LogP contribution in [0, 0.1) is 0 Å². The fourth-order valence-electron chi connectivity index (χ4n) is 2.17. The minimum absolute atomic E-state index is 0.717. The van der Waals surface area contributed by atoms with Gasteiger partial charge in [-0.05, 0) is 47.9 Å². The Kier molecular flexibility index (Phi) is 5.64. The lowest BCUT2D eigenvalue weighted by molar-refractivity contribution is -0.131. The third-order valence-electron chi connectivity index (χ3n) is 3.28. The number of carboxylic acids is 1. The smallest absolute Gasteiger partial charge is 0.328 e. The molecule has 0 amide bonds. The molecule has 0 aliphatic rings. The first-order valence-electron chi connectivity index (χ1n) is 6.81. The van der Waals surface area contributed by atoms with Crippen molar-refractivity contribution in [2.45, 2.75) is 17.7 Å². The number of aryl methyl sites for hydroxylation is 1. The maximum absolute atomic E-state index is 11.0. The Morgan fingerprint density at radius 3 is 2.33 bits per heavy atom. The highest BCUT2D eigenvalue weighted by atomic mass is 32.2. The Morgan fingerprint density at radius 1 is 1.10 bits per heavy atom. The van der Waals surface area contributed by atoms with E-state index in [1.807, 2.05) is 30.3 Å². The van der Waals surface area contributed by atoms with Gasteiger partial charge >= 0.3 is 5.97 Å². The molecule has 3 heteroatoms. The number of thioether (sulfide) groups is 1. The normalized spacial score (nSPS) is 11.4. The van der Waals surface area contributed by atoms with E-state index in [4.69, 9.17) is 5.11 Å². The summed E-state index contributed by atoms with van der Waals surface area (Å²) >= 11 is 1.72. The molecule has 0 aromatic heterocycles. The molecule has 108 valence electrons. The number of hydrogen-bond acceptors (Lipinski definition) is 2. The van der Waals surface area contributed by atoms with Gasteiger partial charge in [0.25, 0.3) is 0 Å². The van der Waals surface area contributed by atoms with Gasteiger partial charge in [0, 0.05) is 11.0 Å². The SMILES string of the molecule is CSc1ccc(CCC(=CC(=O)O)c2ccccc2)cc1. The molecule has 0 saturated carbocycles. The third kappa shape index (κ3) is 4.80. The van der Waals surface area contributed by atoms with Gasteiger partial charge < -0.3 is 5.11 Å². The molecular weight excluding hydrogens is 280 g/mol. The van der Waals surface area contributed by atoms with E-state index in [-0.39, 0.29) is 0 Å². The summed E-state index contributed by atoms with van der Waals surface area (Å²) in [5.41, 5.74) is 3.05. The van der Waals surface area contributed by atoms with Crippen molar-refractivity contribution in [2.24, 2.45) is 0 Å². The zero-order valence-corrected chi connectivity index (χ0v) is 12.8. The Bertz CT molecular complexity index is 615. The van der Waals surface area contributed by atoms with E-state index >= 15 is 0 Å². The van der Waals surface area contributed by atoms with Crippen LogP contribution in [-0.4, -0.2) is 17.3 Å². The van der Waals surface area contributed by atoms with Crippen molar-refractivity contribution in [3.05, 3.63) is 71.8 Å². The molecule has 0 radical (unpaired) electrons. The number of carbonyl (C=O) groups is 1. The van der Waals surface area contributed by atoms with Crippen molar-refractivity contribution in [3.63, 3.8) is 0 Å². The van der Waals surface area contributed by atoms with Crippen LogP contribution >= 0.6 is 11.8 Å². The van der Waals surface area contributed by atoms with Crippen LogP contribution in [0.2, 0.25) is 0 Å². The summed E-state index contributed by atoms with van der Waals surface area (Å²) in [6, 6.07) is 18.1. The van der Waals surface area contributed by atoms with E-state index in [9.17, 15) is 4.79 Å². The van der Waals surface area contributed by atoms with Crippen LogP contribution in [0.5, 0.6) is 0 Å². The first-order chi connectivity index (χ1) is 10.2. The van der Waals surface area contributed by atoms with Gasteiger partial charge in [-0.25, -0.2) is 4.79 Å². The summed E-state index contributed by atoms with van der Waals surface area (Å²) in [5.74, 6) is -0.897. The molecule has 0 aliphatic carbocycles. The molecule has 0 saturated heterocycles. The number of allylic oxidation sites excluding steroid dienone is 1. The van der Waals surface area contributed by atoms with Gasteiger partial charge in [-0.2, -0.15) is 0 Å². The number of hydrogen-bond donors (Lipinski definition) is 1. The minimum atomic E-state index is -0.897. The van der Waals surface area contributed by atoms with Gasteiger partial charge in [-0.1, -0.05) is 42.5 Å². The predicted molar refractivity (Wildman–Crippen MR) is 88.6 cm³/mol. The largest absolute Gasteiger partial charge is 0.478 e. The Morgan fingerprint density at radius 2 is 1.76 bits per heavy atom. The van der Waals surface area contributed by atoms with Crippen molar-refractivity contribution in [1.82, 2.24) is 0 Å². The van der Waals surface area contributed by atoms with Gasteiger partial charge in [-0.3, -0.25) is 0 Å². The molecule has 0 atom stereocenters. The van der Waals surface area contributed by atoms with Crippen LogP contribution in [-0.2, 0) is 11.2 Å². The summed E-state index contributed by atoms with van der Waals surface area (Å²) in [5, 5.41) is 9.03. The van der Waals surface area contributed by atoms with Crippen molar-refractivity contribution in [3.8, 4) is 0 Å². The molecule has 2 aromatic rings. The minimum Gasteiger partial charge on any atom is -0.478 e. The molecule has 2 aromatic carbocycles. The molecular formula is C18H18O2S. The second-order valence-electron chi connectivity index (χ2n) is 4.72. The van der Waals surface area contributed by atoms with Crippen molar-refractivity contribution < 1.29 is 9.90 Å². The van der Waals surface area contributed by atoms with Crippen LogP contribution in [0.1, 0.15) is 17.5 Å². The fraction of sp³-hybridized carbons (Fsp3) is 0.167. The quantitative estimate of drug-likeness (QED) is 0.630. The topological polar surface area (TPSA) is 37.3 Å². The lowest BCUT2D eigenvalue weighted by atomic mass is 9.98. The average molecular weight is 298 g/mol. The number of rotatable bonds is 6. The fourth-order valence-corrected chi connectivity index (χ4v) is 2.58. The summed E-state index contributed by atoms with van der Waals surface area (Å²) < 4.78 is 0. The van der Waals surface area contributed by atoms with E-state index in [1.165, 1.54) is 16.5 Å². The van der Waals surface area contributed by atoms with Gasteiger partial charge in [0.05, 0.1) is 0 Å². The lowest BCUT2D eigenvalue weighted by Gasteiger charge is -2.08. The Hall–Kier alpha value is -2.00. The molecule has 21 heavy (non-hydrogen) atoms. The Labute approximate surface area is 129 Å². The first-order valence-corrected chi connectivity index (χ1v) is 8.03. The van der Waals surface area contributed by atoms with Crippen LogP contribution < -0.4 is 0 Å². The van der Waals surface area contributed by atoms with Gasteiger partial charge in [-0.15, -0.1) is 11.8 Å². The summed E-state index contributed by atoms with van der Waals surface area (Å²) in [7, 11) is 0. The zero-order valence-electron chi connectivity index (χ0n) is 12.0. The molecule has 2 rings (SSSR count). The highest BCUT2D eigenvalue weighted by Gasteiger charge is 2.05. The molecule has 0 fully saturated rings. The Balaban J connectivity index is 2.11. The van der Waals surface area contributed by atoms with E-state index < -0.39 is 5.97 Å². The highest BCUT2D eigenvalue weighted by Crippen LogP contribution is 2.22. The monoisotopic (exact) mass is 298 g/mol. The molecule has 0 unspecified atom stereocenters. The lowest BCUT2D eigenvalue weighted by Crippen LogP contribution is -1.95. The molecule has 0 heterocycles.